The van der Waals surface area contributed by atoms with Crippen molar-refractivity contribution in [2.75, 3.05) is 5.43 Å². The quantitative estimate of drug-likeness (QED) is 0.442. The van der Waals surface area contributed by atoms with Gasteiger partial charge in [0.25, 0.3) is 5.91 Å². The maximum absolute atomic E-state index is 12.8. The molecular formula is C19H16F3N3O2S. The molecule has 0 aliphatic rings. The Morgan fingerprint density at radius 3 is 2.64 bits per heavy atom. The molecule has 146 valence electrons. The molecule has 0 atom stereocenters. The van der Waals surface area contributed by atoms with Crippen LogP contribution in [0.5, 0.6) is 0 Å². The van der Waals surface area contributed by atoms with Crippen molar-refractivity contribution in [3.8, 4) is 0 Å². The number of halogens is 3. The van der Waals surface area contributed by atoms with Gasteiger partial charge in [0.05, 0.1) is 28.3 Å². The Labute approximate surface area is 163 Å². The minimum Gasteiger partial charge on any atom is -0.360 e. The summed E-state index contributed by atoms with van der Waals surface area (Å²) in [4.78, 5) is 13.2. The molecule has 0 spiro atoms. The maximum atomic E-state index is 12.8. The summed E-state index contributed by atoms with van der Waals surface area (Å²) in [5, 5.41) is 3.82. The van der Waals surface area contributed by atoms with Crippen LogP contribution in [0.2, 0.25) is 0 Å². The standard InChI is InChI=1S/C19H16F3N3O2S/c1-12-9-15(27-25-12)11-28-17-8-3-2-7-16(17)18(26)24-23-14-6-4-5-13(10-14)19(20,21)22/h2-10,23H,11H2,1H3,(H,24,26). The highest BCUT2D eigenvalue weighted by Gasteiger charge is 2.30. The first-order chi connectivity index (χ1) is 13.3. The zero-order chi connectivity index (χ0) is 20.1. The Kier molecular flexibility index (Phi) is 5.93. The molecule has 3 aromatic rings. The first-order valence-corrected chi connectivity index (χ1v) is 9.19. The second kappa shape index (κ2) is 8.39. The van der Waals surface area contributed by atoms with Crippen molar-refractivity contribution in [3.05, 3.63) is 77.2 Å². The highest BCUT2D eigenvalue weighted by Crippen LogP contribution is 2.30. The van der Waals surface area contributed by atoms with Gasteiger partial charge in [-0.25, -0.2) is 0 Å². The molecule has 0 saturated heterocycles. The van der Waals surface area contributed by atoms with Crippen LogP contribution >= 0.6 is 11.8 Å². The second-order valence-electron chi connectivity index (χ2n) is 5.88. The molecule has 1 aromatic heterocycles. The zero-order valence-electron chi connectivity index (χ0n) is 14.7. The van der Waals surface area contributed by atoms with E-state index in [0.717, 1.165) is 17.8 Å². The number of nitrogens with zero attached hydrogens (tertiary/aromatic N) is 1. The molecule has 0 saturated carbocycles. The van der Waals surface area contributed by atoms with Crippen molar-refractivity contribution in [2.24, 2.45) is 0 Å². The fraction of sp³-hybridized carbons (Fsp3) is 0.158. The molecular weight excluding hydrogens is 391 g/mol. The topological polar surface area (TPSA) is 67.2 Å². The Balaban J connectivity index is 1.66. The number of amides is 1. The molecule has 1 heterocycles. The van der Waals surface area contributed by atoms with Crippen LogP contribution in [0.15, 0.2) is 64.0 Å². The van der Waals surface area contributed by atoms with Crippen LogP contribution in [-0.4, -0.2) is 11.1 Å². The number of thioether (sulfide) groups is 1. The SMILES string of the molecule is Cc1cc(CSc2ccccc2C(=O)NNc2cccc(C(F)(F)F)c2)on1. The Bertz CT molecular complexity index is 973. The van der Waals surface area contributed by atoms with Crippen LogP contribution < -0.4 is 10.9 Å². The lowest BCUT2D eigenvalue weighted by Gasteiger charge is -2.13. The van der Waals surface area contributed by atoms with Crippen molar-refractivity contribution >= 4 is 23.4 Å². The number of benzene rings is 2. The number of aromatic nitrogens is 1. The molecule has 5 nitrogen and oxygen atoms in total. The molecule has 0 bridgehead atoms. The molecule has 0 fully saturated rings. The van der Waals surface area contributed by atoms with E-state index in [2.05, 4.69) is 16.0 Å². The number of alkyl halides is 3. The van der Waals surface area contributed by atoms with Crippen LogP contribution in [-0.2, 0) is 11.9 Å². The number of nitrogens with one attached hydrogen (secondary N) is 2. The summed E-state index contributed by atoms with van der Waals surface area (Å²) in [6.07, 6.45) is -4.45. The van der Waals surface area contributed by atoms with E-state index in [0.29, 0.717) is 22.0 Å². The van der Waals surface area contributed by atoms with Crippen molar-refractivity contribution < 1.29 is 22.5 Å². The number of aryl methyl sites for hydroxylation is 1. The largest absolute Gasteiger partial charge is 0.416 e. The summed E-state index contributed by atoms with van der Waals surface area (Å²) in [7, 11) is 0. The van der Waals surface area contributed by atoms with E-state index in [1.54, 1.807) is 24.3 Å². The average molecular weight is 407 g/mol. The molecule has 2 aromatic carbocycles. The van der Waals surface area contributed by atoms with Gasteiger partial charge in [0.15, 0.2) is 0 Å². The molecule has 2 N–H and O–H groups in total. The van der Waals surface area contributed by atoms with Crippen LogP contribution in [0.3, 0.4) is 0 Å². The van der Waals surface area contributed by atoms with Crippen LogP contribution in [0, 0.1) is 6.92 Å². The number of anilines is 1. The first kappa shape index (κ1) is 19.8. The van der Waals surface area contributed by atoms with Crippen molar-refractivity contribution in [3.63, 3.8) is 0 Å². The third kappa shape index (κ3) is 5.07. The Hall–Kier alpha value is -2.94. The van der Waals surface area contributed by atoms with Gasteiger partial charge >= 0.3 is 6.18 Å². The zero-order valence-corrected chi connectivity index (χ0v) is 15.5. The minimum atomic E-state index is -4.45. The van der Waals surface area contributed by atoms with Gasteiger partial charge in [-0.1, -0.05) is 23.4 Å². The molecule has 0 unspecified atom stereocenters. The van der Waals surface area contributed by atoms with E-state index in [4.69, 9.17) is 4.52 Å². The van der Waals surface area contributed by atoms with E-state index in [9.17, 15) is 18.0 Å². The van der Waals surface area contributed by atoms with Gasteiger partial charge in [-0.05, 0) is 37.3 Å². The summed E-state index contributed by atoms with van der Waals surface area (Å²) < 4.78 is 43.5. The molecule has 28 heavy (non-hydrogen) atoms. The molecule has 3 rings (SSSR count). The predicted molar refractivity (Wildman–Crippen MR) is 99.8 cm³/mol. The molecule has 9 heteroatoms. The normalized spacial score (nSPS) is 11.3. The molecule has 1 amide bonds. The van der Waals surface area contributed by atoms with Gasteiger partial charge in [-0.2, -0.15) is 13.2 Å². The van der Waals surface area contributed by atoms with Crippen molar-refractivity contribution in [1.29, 1.82) is 0 Å². The minimum absolute atomic E-state index is 0.130. The lowest BCUT2D eigenvalue weighted by Crippen LogP contribution is -2.29. The fourth-order valence-corrected chi connectivity index (χ4v) is 3.31. The van der Waals surface area contributed by atoms with Crippen LogP contribution in [0.1, 0.15) is 27.4 Å². The number of rotatable bonds is 6. The van der Waals surface area contributed by atoms with Crippen LogP contribution in [0.4, 0.5) is 18.9 Å². The first-order valence-electron chi connectivity index (χ1n) is 8.20. The third-order valence-electron chi connectivity index (χ3n) is 3.69. The van der Waals surface area contributed by atoms with Gasteiger partial charge in [0, 0.05) is 11.0 Å². The number of hydrogen-bond acceptors (Lipinski definition) is 5. The lowest BCUT2D eigenvalue weighted by molar-refractivity contribution is -0.137. The average Bonchev–Trinajstić information content (AvgIpc) is 3.09. The van der Waals surface area contributed by atoms with E-state index < -0.39 is 17.6 Å². The fourth-order valence-electron chi connectivity index (χ4n) is 2.38. The van der Waals surface area contributed by atoms with Gasteiger partial charge in [-0.15, -0.1) is 11.8 Å². The molecule has 0 aliphatic carbocycles. The maximum Gasteiger partial charge on any atom is 0.416 e. The highest BCUT2D eigenvalue weighted by molar-refractivity contribution is 7.98. The van der Waals surface area contributed by atoms with E-state index in [1.807, 2.05) is 13.0 Å². The van der Waals surface area contributed by atoms with Gasteiger partial charge in [0.2, 0.25) is 0 Å². The Morgan fingerprint density at radius 1 is 1.14 bits per heavy atom. The van der Waals surface area contributed by atoms with Crippen molar-refractivity contribution in [2.45, 2.75) is 23.7 Å². The van der Waals surface area contributed by atoms with Crippen LogP contribution in [0.25, 0.3) is 0 Å². The van der Waals surface area contributed by atoms with Crippen molar-refractivity contribution in [1.82, 2.24) is 10.6 Å². The summed E-state index contributed by atoms with van der Waals surface area (Å²) in [5.74, 6) is 0.709. The van der Waals surface area contributed by atoms with E-state index >= 15 is 0 Å². The monoisotopic (exact) mass is 407 g/mol. The molecule has 0 aliphatic heterocycles. The number of carbonyl (C=O) groups is 1. The van der Waals surface area contributed by atoms with E-state index in [-0.39, 0.29) is 5.69 Å². The third-order valence-corrected chi connectivity index (χ3v) is 4.78. The smallest absolute Gasteiger partial charge is 0.360 e. The lowest BCUT2D eigenvalue weighted by atomic mass is 10.2. The summed E-state index contributed by atoms with van der Waals surface area (Å²) in [5.41, 5.74) is 5.44. The highest BCUT2D eigenvalue weighted by atomic mass is 32.2. The van der Waals surface area contributed by atoms with Gasteiger partial charge in [-0.3, -0.25) is 15.6 Å². The summed E-state index contributed by atoms with van der Waals surface area (Å²) in [6, 6.07) is 13.3. The predicted octanol–water partition coefficient (Wildman–Crippen LogP) is 5.05. The van der Waals surface area contributed by atoms with Gasteiger partial charge < -0.3 is 4.52 Å². The number of carbonyl (C=O) groups excluding carboxylic acids is 1. The number of hydrazine groups is 1. The summed E-state index contributed by atoms with van der Waals surface area (Å²) >= 11 is 1.40. The van der Waals surface area contributed by atoms with Gasteiger partial charge in [0.1, 0.15) is 5.76 Å². The Morgan fingerprint density at radius 2 is 1.93 bits per heavy atom. The second-order valence-corrected chi connectivity index (χ2v) is 6.89. The number of hydrogen-bond donors (Lipinski definition) is 2. The molecule has 0 radical (unpaired) electrons. The van der Waals surface area contributed by atoms with E-state index in [1.165, 1.54) is 23.9 Å². The summed E-state index contributed by atoms with van der Waals surface area (Å²) in [6.45, 7) is 1.82.